The summed E-state index contributed by atoms with van der Waals surface area (Å²) in [6.45, 7) is 8.37. The first-order valence-electron chi connectivity index (χ1n) is 4.33. The molecule has 2 aliphatic rings. The third-order valence-corrected chi connectivity index (χ3v) is 8.61. The molecule has 0 saturated heterocycles. The number of hydrazine groups is 1. The number of halogens is 2. The normalized spacial score (nSPS) is 32.1. The van der Waals surface area contributed by atoms with Gasteiger partial charge in [-0.1, -0.05) is 22.5 Å². The highest BCUT2D eigenvalue weighted by Crippen LogP contribution is 2.74. The predicted octanol–water partition coefficient (Wildman–Crippen LogP) is 5.14. The van der Waals surface area contributed by atoms with Crippen molar-refractivity contribution in [1.82, 2.24) is 9.56 Å². The van der Waals surface area contributed by atoms with Crippen LogP contribution >= 0.6 is 37.3 Å². The summed E-state index contributed by atoms with van der Waals surface area (Å²) in [5.74, 6) is 0. The summed E-state index contributed by atoms with van der Waals surface area (Å²) >= 11 is 12.8. The van der Waals surface area contributed by atoms with Crippen LogP contribution in [-0.2, 0) is 0 Å². The zero-order chi connectivity index (χ0) is 10.6. The summed E-state index contributed by atoms with van der Waals surface area (Å²) < 4.78 is 4.32. The van der Waals surface area contributed by atoms with E-state index in [1.165, 1.54) is 22.0 Å². The third-order valence-electron chi connectivity index (χ3n) is 2.71. The highest BCUT2D eigenvalue weighted by atomic mass is 35.7. The summed E-state index contributed by atoms with van der Waals surface area (Å²) in [5, 5.41) is 2.53. The Morgan fingerprint density at radius 2 is 1.07 bits per heavy atom. The van der Waals surface area contributed by atoms with Crippen molar-refractivity contribution >= 4 is 37.3 Å². The van der Waals surface area contributed by atoms with Crippen LogP contribution in [0, 0.1) is 0 Å². The average Bonchev–Trinajstić information content (AvgIpc) is 2.51. The molecule has 0 fully saturated rings. The van der Waals surface area contributed by atoms with Crippen LogP contribution in [0.5, 0.6) is 0 Å². The van der Waals surface area contributed by atoms with E-state index in [1.807, 2.05) is 0 Å². The molecule has 0 spiro atoms. The van der Waals surface area contributed by atoms with E-state index in [0.29, 0.717) is 0 Å². The Morgan fingerprint density at radius 1 is 0.786 bits per heavy atom. The molecule has 0 N–H and O–H groups in total. The van der Waals surface area contributed by atoms with Gasteiger partial charge in [0.1, 0.15) is 14.9 Å². The second kappa shape index (κ2) is 3.52. The minimum Gasteiger partial charge on any atom is -0.245 e. The van der Waals surface area contributed by atoms with Crippen LogP contribution in [0.3, 0.4) is 0 Å². The molecule has 0 saturated carbocycles. The van der Waals surface area contributed by atoms with Crippen LogP contribution in [0.25, 0.3) is 0 Å². The summed E-state index contributed by atoms with van der Waals surface area (Å²) in [7, 11) is -1.43. The van der Waals surface area contributed by atoms with Gasteiger partial charge in [-0.15, -0.1) is 0 Å². The van der Waals surface area contributed by atoms with Crippen molar-refractivity contribution in [3.8, 4) is 0 Å². The number of fused-ring (bicyclic) bond motifs is 1. The van der Waals surface area contributed by atoms with Crippen molar-refractivity contribution in [1.29, 1.82) is 0 Å². The second-order valence-corrected chi connectivity index (χ2v) is 8.50. The van der Waals surface area contributed by atoms with E-state index in [-0.39, 0.29) is 0 Å². The van der Waals surface area contributed by atoms with Gasteiger partial charge in [0.05, 0.1) is 0 Å². The predicted molar refractivity (Wildman–Crippen MR) is 66.0 cm³/mol. The SMILES string of the molecule is CC1=C(C)P(Cl)N2C(C)=C(C)P(Cl)N12. The van der Waals surface area contributed by atoms with Gasteiger partial charge in [-0.25, -0.2) is 9.56 Å². The summed E-state index contributed by atoms with van der Waals surface area (Å²) in [6, 6.07) is 0. The van der Waals surface area contributed by atoms with Gasteiger partial charge in [0, 0.05) is 22.0 Å². The first-order chi connectivity index (χ1) is 6.46. The standard InChI is InChI=1S/C8H12Cl2N2P2/c1-5-7(3)13(9)12-6(2)8(4)14(10)11(5)12/h1-4H3. The number of hydrogen-bond donors (Lipinski definition) is 0. The molecule has 2 heterocycles. The minimum absolute atomic E-state index is 0.714. The largest absolute Gasteiger partial charge is 0.245 e. The molecule has 2 atom stereocenters. The topological polar surface area (TPSA) is 6.48 Å². The van der Waals surface area contributed by atoms with Gasteiger partial charge in [0.25, 0.3) is 0 Å². The maximum atomic E-state index is 6.39. The molecule has 0 aromatic carbocycles. The van der Waals surface area contributed by atoms with Crippen molar-refractivity contribution in [2.75, 3.05) is 0 Å². The molecule has 0 radical (unpaired) electrons. The number of hydrogen-bond acceptors (Lipinski definition) is 2. The van der Waals surface area contributed by atoms with Gasteiger partial charge in [0.2, 0.25) is 0 Å². The van der Waals surface area contributed by atoms with E-state index in [0.717, 1.165) is 0 Å². The van der Waals surface area contributed by atoms with Gasteiger partial charge < -0.3 is 0 Å². The molecule has 2 unspecified atom stereocenters. The Bertz CT molecular complexity index is 319. The van der Waals surface area contributed by atoms with Crippen LogP contribution in [0.4, 0.5) is 0 Å². The summed E-state index contributed by atoms with van der Waals surface area (Å²) in [5.41, 5.74) is 2.45. The van der Waals surface area contributed by atoms with E-state index in [9.17, 15) is 0 Å². The second-order valence-electron chi connectivity index (χ2n) is 3.44. The molecule has 78 valence electrons. The van der Waals surface area contributed by atoms with Crippen molar-refractivity contribution in [3.05, 3.63) is 22.0 Å². The molecule has 0 aliphatic carbocycles. The Hall–Kier alpha value is 0.520. The number of nitrogens with zero attached hydrogens (tertiary/aromatic N) is 2. The van der Waals surface area contributed by atoms with Crippen LogP contribution in [0.1, 0.15) is 27.7 Å². The highest BCUT2D eigenvalue weighted by Gasteiger charge is 2.44. The van der Waals surface area contributed by atoms with Crippen molar-refractivity contribution in [2.45, 2.75) is 27.7 Å². The molecule has 2 rings (SSSR count). The fourth-order valence-corrected chi connectivity index (χ4v) is 6.96. The van der Waals surface area contributed by atoms with E-state index in [2.05, 4.69) is 37.3 Å². The Balaban J connectivity index is 2.45. The van der Waals surface area contributed by atoms with E-state index >= 15 is 0 Å². The smallest absolute Gasteiger partial charge is 0.139 e. The first-order valence-corrected chi connectivity index (χ1v) is 8.73. The monoisotopic (exact) mass is 268 g/mol. The van der Waals surface area contributed by atoms with E-state index in [4.69, 9.17) is 22.5 Å². The molecule has 2 nitrogen and oxygen atoms in total. The summed E-state index contributed by atoms with van der Waals surface area (Å²) in [6.07, 6.45) is 0. The Labute approximate surface area is 96.7 Å². The number of rotatable bonds is 0. The molecule has 6 heteroatoms. The fraction of sp³-hybridized carbons (Fsp3) is 0.500. The lowest BCUT2D eigenvalue weighted by molar-refractivity contribution is 0.315. The molecule has 0 amide bonds. The van der Waals surface area contributed by atoms with Crippen molar-refractivity contribution in [2.24, 2.45) is 0 Å². The maximum Gasteiger partial charge on any atom is 0.139 e. The van der Waals surface area contributed by atoms with Gasteiger partial charge in [-0.2, -0.15) is 0 Å². The third kappa shape index (κ3) is 1.25. The van der Waals surface area contributed by atoms with Crippen molar-refractivity contribution in [3.63, 3.8) is 0 Å². The Kier molecular flexibility index (Phi) is 2.77. The molecular weight excluding hydrogens is 257 g/mol. The quantitative estimate of drug-likeness (QED) is 0.562. The van der Waals surface area contributed by atoms with Gasteiger partial charge in [0.15, 0.2) is 0 Å². The van der Waals surface area contributed by atoms with Crippen LogP contribution < -0.4 is 0 Å². The average molecular weight is 269 g/mol. The zero-order valence-electron chi connectivity index (χ0n) is 8.54. The minimum atomic E-state index is -0.714. The lowest BCUT2D eigenvalue weighted by Gasteiger charge is -2.29. The molecule has 14 heavy (non-hydrogen) atoms. The molecule has 0 bridgehead atoms. The van der Waals surface area contributed by atoms with Gasteiger partial charge >= 0.3 is 0 Å². The lowest BCUT2D eigenvalue weighted by atomic mass is 10.4. The van der Waals surface area contributed by atoms with E-state index < -0.39 is 14.9 Å². The van der Waals surface area contributed by atoms with E-state index in [1.54, 1.807) is 0 Å². The highest BCUT2D eigenvalue weighted by molar-refractivity contribution is 7.89. The Morgan fingerprint density at radius 3 is 1.36 bits per heavy atom. The number of allylic oxidation sites excluding steroid dienone is 4. The van der Waals surface area contributed by atoms with Crippen LogP contribution in [0.2, 0.25) is 0 Å². The lowest BCUT2D eigenvalue weighted by Crippen LogP contribution is -2.20. The summed E-state index contributed by atoms with van der Waals surface area (Å²) in [4.78, 5) is 0. The molecule has 2 aliphatic heterocycles. The maximum absolute atomic E-state index is 6.39. The van der Waals surface area contributed by atoms with Crippen LogP contribution in [0.15, 0.2) is 22.0 Å². The first kappa shape index (κ1) is 11.0. The van der Waals surface area contributed by atoms with Crippen LogP contribution in [-0.4, -0.2) is 9.56 Å². The fourth-order valence-electron chi connectivity index (χ4n) is 1.54. The zero-order valence-corrected chi connectivity index (χ0v) is 11.8. The molecular formula is C8H12Cl2N2P2. The van der Waals surface area contributed by atoms with Crippen molar-refractivity contribution < 1.29 is 0 Å². The molecule has 0 aromatic rings. The molecule has 0 aromatic heterocycles. The van der Waals surface area contributed by atoms with Gasteiger partial charge in [-0.05, 0) is 27.7 Å². The van der Waals surface area contributed by atoms with Gasteiger partial charge in [-0.3, -0.25) is 0 Å².